The van der Waals surface area contributed by atoms with Crippen molar-refractivity contribution in [2.24, 2.45) is 0 Å². The average Bonchev–Trinajstić information content (AvgIpc) is 3.51. The van der Waals surface area contributed by atoms with Gasteiger partial charge in [-0.25, -0.2) is 17.5 Å². The van der Waals surface area contributed by atoms with Gasteiger partial charge in [-0.15, -0.1) is 0 Å². The van der Waals surface area contributed by atoms with Gasteiger partial charge in [0.15, 0.2) is 0 Å². The van der Waals surface area contributed by atoms with Crippen molar-refractivity contribution in [2.75, 3.05) is 26.0 Å². The highest BCUT2D eigenvalue weighted by atomic mass is 35.5. The second-order valence-corrected chi connectivity index (χ2v) is 11.3. The van der Waals surface area contributed by atoms with E-state index in [1.165, 1.54) is 12.1 Å². The Labute approximate surface area is 203 Å². The number of carbonyl (C=O) groups is 1. The molecule has 2 fully saturated rings. The van der Waals surface area contributed by atoms with Crippen LogP contribution in [0.2, 0.25) is 10.0 Å². The summed E-state index contributed by atoms with van der Waals surface area (Å²) in [5.74, 6) is -1.42. The van der Waals surface area contributed by atoms with Crippen LogP contribution in [-0.2, 0) is 27.7 Å². The highest BCUT2D eigenvalue weighted by molar-refractivity contribution is 7.89. The fraction of sp³-hybridized carbons (Fsp3) is 0.435. The van der Waals surface area contributed by atoms with Crippen LogP contribution in [0.15, 0.2) is 30.3 Å². The van der Waals surface area contributed by atoms with E-state index in [1.807, 2.05) is 16.9 Å². The zero-order valence-corrected chi connectivity index (χ0v) is 20.4. The number of nitrogens with one attached hydrogen (secondary N) is 1. The maximum Gasteiger partial charge on any atom is 0.267 e. The molecule has 1 saturated carbocycles. The Balaban J connectivity index is 1.49. The van der Waals surface area contributed by atoms with E-state index in [4.69, 9.17) is 27.9 Å². The topological polar surface area (TPSA) is 75.7 Å². The molecule has 1 amide bonds. The van der Waals surface area contributed by atoms with Gasteiger partial charge < -0.3 is 4.74 Å². The van der Waals surface area contributed by atoms with Crippen molar-refractivity contribution < 1.29 is 22.3 Å². The summed E-state index contributed by atoms with van der Waals surface area (Å²) in [6.45, 7) is 2.43. The van der Waals surface area contributed by atoms with E-state index < -0.39 is 21.7 Å². The molecule has 33 heavy (non-hydrogen) atoms. The molecule has 0 bridgehead atoms. The van der Waals surface area contributed by atoms with Crippen molar-refractivity contribution in [2.45, 2.75) is 37.8 Å². The smallest absolute Gasteiger partial charge is 0.267 e. The summed E-state index contributed by atoms with van der Waals surface area (Å²) in [5.41, 5.74) is 2.46. The summed E-state index contributed by atoms with van der Waals surface area (Å²) >= 11 is 12.2. The Kier molecular flexibility index (Phi) is 7.31. The predicted octanol–water partition coefficient (Wildman–Crippen LogP) is 4.14. The quantitative estimate of drug-likeness (QED) is 0.600. The number of rotatable bonds is 7. The van der Waals surface area contributed by atoms with E-state index in [1.54, 1.807) is 6.07 Å². The molecule has 1 N–H and O–H groups in total. The predicted molar refractivity (Wildman–Crippen MR) is 126 cm³/mol. The fourth-order valence-corrected chi connectivity index (χ4v) is 5.24. The minimum Gasteiger partial charge on any atom is -0.375 e. The molecule has 1 saturated heterocycles. The zero-order chi connectivity index (χ0) is 23.8. The van der Waals surface area contributed by atoms with Gasteiger partial charge >= 0.3 is 0 Å². The molecular weight excluding hydrogens is 490 g/mol. The molecule has 1 unspecified atom stereocenters. The van der Waals surface area contributed by atoms with Crippen LogP contribution in [0.1, 0.15) is 45.8 Å². The number of sulfonamides is 1. The molecule has 2 aliphatic rings. The van der Waals surface area contributed by atoms with Crippen LogP contribution in [-0.4, -0.2) is 51.3 Å². The molecule has 1 atom stereocenters. The third kappa shape index (κ3) is 6.67. The van der Waals surface area contributed by atoms with Crippen LogP contribution in [0.3, 0.4) is 0 Å². The molecule has 1 aliphatic carbocycles. The number of benzene rings is 2. The van der Waals surface area contributed by atoms with Crippen LogP contribution in [0, 0.1) is 5.82 Å². The molecule has 6 nitrogen and oxygen atoms in total. The first-order valence-electron chi connectivity index (χ1n) is 10.7. The van der Waals surface area contributed by atoms with Gasteiger partial charge in [-0.3, -0.25) is 9.69 Å². The van der Waals surface area contributed by atoms with E-state index in [0.29, 0.717) is 42.7 Å². The molecule has 4 rings (SSSR count). The Morgan fingerprint density at radius 1 is 1.18 bits per heavy atom. The lowest BCUT2D eigenvalue weighted by molar-refractivity contribution is -0.0305. The monoisotopic (exact) mass is 514 g/mol. The van der Waals surface area contributed by atoms with Crippen LogP contribution >= 0.6 is 23.2 Å². The van der Waals surface area contributed by atoms with Crippen LogP contribution in [0.25, 0.3) is 0 Å². The molecule has 178 valence electrons. The van der Waals surface area contributed by atoms with E-state index in [0.717, 1.165) is 35.8 Å². The molecule has 1 aliphatic heterocycles. The van der Waals surface area contributed by atoms with E-state index >= 15 is 0 Å². The maximum atomic E-state index is 14.8. The summed E-state index contributed by atoms with van der Waals surface area (Å²) in [4.78, 5) is 14.5. The first-order chi connectivity index (χ1) is 15.6. The summed E-state index contributed by atoms with van der Waals surface area (Å²) in [6, 6.07) is 8.31. The molecule has 0 spiro atoms. The summed E-state index contributed by atoms with van der Waals surface area (Å²) < 4.78 is 45.4. The number of halogens is 3. The van der Waals surface area contributed by atoms with Crippen molar-refractivity contribution in [3.05, 3.63) is 68.4 Å². The van der Waals surface area contributed by atoms with Crippen molar-refractivity contribution in [3.63, 3.8) is 0 Å². The average molecular weight is 515 g/mol. The second-order valence-electron chi connectivity index (χ2n) is 8.72. The van der Waals surface area contributed by atoms with Crippen LogP contribution < -0.4 is 4.72 Å². The van der Waals surface area contributed by atoms with Gasteiger partial charge in [0.25, 0.3) is 5.91 Å². The van der Waals surface area contributed by atoms with E-state index in [9.17, 15) is 17.6 Å². The van der Waals surface area contributed by atoms with Gasteiger partial charge in [0.05, 0.1) is 24.5 Å². The molecule has 2 aromatic carbocycles. The highest BCUT2D eigenvalue weighted by Crippen LogP contribution is 2.43. The molecular formula is C23H25Cl2FN2O4S. The third-order valence-electron chi connectivity index (χ3n) is 5.77. The number of nitrogens with zero attached hydrogens (tertiary/aromatic N) is 1. The lowest BCUT2D eigenvalue weighted by Crippen LogP contribution is -2.43. The molecule has 0 radical (unpaired) electrons. The Bertz CT molecular complexity index is 1150. The maximum absolute atomic E-state index is 14.8. The highest BCUT2D eigenvalue weighted by Gasteiger charge is 2.30. The molecule has 0 aromatic heterocycles. The lowest BCUT2D eigenvalue weighted by atomic mass is 9.98. The minimum absolute atomic E-state index is 0.0534. The van der Waals surface area contributed by atoms with E-state index in [-0.39, 0.29) is 17.6 Å². The number of hydrogen-bond donors (Lipinski definition) is 1. The van der Waals surface area contributed by atoms with Gasteiger partial charge in [-0.1, -0.05) is 23.2 Å². The van der Waals surface area contributed by atoms with Gasteiger partial charge in [0.2, 0.25) is 10.0 Å². The second kappa shape index (κ2) is 9.88. The van der Waals surface area contributed by atoms with Crippen molar-refractivity contribution in [3.8, 4) is 0 Å². The largest absolute Gasteiger partial charge is 0.375 e. The van der Waals surface area contributed by atoms with Gasteiger partial charge in [-0.2, -0.15) is 0 Å². The fourth-order valence-electron chi connectivity index (χ4n) is 4.22. The van der Waals surface area contributed by atoms with Crippen LogP contribution in [0.5, 0.6) is 0 Å². The number of hydrogen-bond acceptors (Lipinski definition) is 5. The Morgan fingerprint density at radius 3 is 2.52 bits per heavy atom. The zero-order valence-electron chi connectivity index (χ0n) is 18.1. The molecule has 2 aromatic rings. The molecule has 10 heteroatoms. The standard InChI is InChI=1S/C23H25Cl2FN2O4S/c1-33(30,31)27-23(29)21-11-20(15-2-3-15)16(9-22(21)26)12-28-4-5-32-19(13-28)8-14-6-17(24)10-18(25)7-14/h6-7,9-11,15,19H,2-5,8,12-13H2,1H3,(H,27,29). The lowest BCUT2D eigenvalue weighted by Gasteiger charge is -2.33. The summed E-state index contributed by atoms with van der Waals surface area (Å²) in [6.07, 6.45) is 3.40. The summed E-state index contributed by atoms with van der Waals surface area (Å²) in [5, 5.41) is 1.16. The SMILES string of the molecule is CS(=O)(=O)NC(=O)c1cc(C2CC2)c(CN2CCOC(Cc3cc(Cl)cc(Cl)c3)C2)cc1F. The Morgan fingerprint density at radius 2 is 1.88 bits per heavy atom. The van der Waals surface area contributed by atoms with Crippen LogP contribution in [0.4, 0.5) is 4.39 Å². The number of carbonyl (C=O) groups excluding carboxylic acids is 1. The summed E-state index contributed by atoms with van der Waals surface area (Å²) in [7, 11) is -3.78. The number of morpholine rings is 1. The van der Waals surface area contributed by atoms with Crippen molar-refractivity contribution in [1.82, 2.24) is 9.62 Å². The third-order valence-corrected chi connectivity index (χ3v) is 6.76. The van der Waals surface area contributed by atoms with Gasteiger partial charge in [-0.05, 0) is 72.2 Å². The number of amides is 1. The van der Waals surface area contributed by atoms with Gasteiger partial charge in [0.1, 0.15) is 5.82 Å². The Hall–Kier alpha value is -1.71. The number of ether oxygens (including phenoxy) is 1. The van der Waals surface area contributed by atoms with Crippen molar-refractivity contribution in [1.29, 1.82) is 0 Å². The van der Waals surface area contributed by atoms with Crippen molar-refractivity contribution >= 4 is 39.1 Å². The normalized spacial score (nSPS) is 19.5. The minimum atomic E-state index is -3.78. The first-order valence-corrected chi connectivity index (χ1v) is 13.4. The molecule has 1 heterocycles. The van der Waals surface area contributed by atoms with Gasteiger partial charge in [0, 0.05) is 29.7 Å². The van der Waals surface area contributed by atoms with E-state index in [2.05, 4.69) is 4.90 Å². The first kappa shape index (κ1) is 24.4.